The zero-order valence-corrected chi connectivity index (χ0v) is 14.5. The zero-order valence-electron chi connectivity index (χ0n) is 14.5. The molecule has 3 aliphatic rings. The summed E-state index contributed by atoms with van der Waals surface area (Å²) in [5.41, 5.74) is -0.439. The lowest BCUT2D eigenvalue weighted by Crippen LogP contribution is -2.52. The average Bonchev–Trinajstić information content (AvgIpc) is 2.90. The largest absolute Gasteiger partial charge is 0.389 e. The summed E-state index contributed by atoms with van der Waals surface area (Å²) in [7, 11) is 0. The van der Waals surface area contributed by atoms with Crippen LogP contribution in [0.3, 0.4) is 0 Å². The van der Waals surface area contributed by atoms with Crippen LogP contribution in [-0.4, -0.2) is 52.0 Å². The lowest BCUT2D eigenvalue weighted by atomic mass is 9.76. The van der Waals surface area contributed by atoms with Crippen molar-refractivity contribution in [3.8, 4) is 0 Å². The Bertz CT molecular complexity index is 674. The molecule has 1 unspecified atom stereocenters. The summed E-state index contributed by atoms with van der Waals surface area (Å²) in [5, 5.41) is 10.3. The number of pyridine rings is 1. The Labute approximate surface area is 147 Å². The van der Waals surface area contributed by atoms with Crippen LogP contribution in [0.25, 0.3) is 0 Å². The van der Waals surface area contributed by atoms with Gasteiger partial charge >= 0.3 is 0 Å². The van der Waals surface area contributed by atoms with E-state index in [1.165, 1.54) is 0 Å². The van der Waals surface area contributed by atoms with Crippen molar-refractivity contribution in [2.45, 2.75) is 50.5 Å². The highest BCUT2D eigenvalue weighted by Gasteiger charge is 2.50. The highest BCUT2D eigenvalue weighted by molar-refractivity contribution is 6.00. The Hall–Kier alpha value is -1.95. The molecule has 2 saturated heterocycles. The monoisotopic (exact) mass is 343 g/mol. The number of carbonyl (C=O) groups excluding carboxylic acids is 2. The van der Waals surface area contributed by atoms with Crippen LogP contribution in [0.2, 0.25) is 0 Å². The first-order chi connectivity index (χ1) is 12.0. The molecule has 0 aromatic carbocycles. The van der Waals surface area contributed by atoms with Crippen molar-refractivity contribution in [2.75, 3.05) is 24.5 Å². The van der Waals surface area contributed by atoms with E-state index in [1.807, 2.05) is 17.0 Å². The Kier molecular flexibility index (Phi) is 4.02. The van der Waals surface area contributed by atoms with Crippen molar-refractivity contribution in [1.29, 1.82) is 0 Å². The van der Waals surface area contributed by atoms with Gasteiger partial charge in [0.25, 0.3) is 0 Å². The van der Waals surface area contributed by atoms with Crippen LogP contribution in [0.1, 0.15) is 44.9 Å². The van der Waals surface area contributed by atoms with E-state index >= 15 is 0 Å². The summed E-state index contributed by atoms with van der Waals surface area (Å²) in [6, 6.07) is 3.74. The number of likely N-dealkylation sites (tertiary alicyclic amines) is 1. The summed E-state index contributed by atoms with van der Waals surface area (Å²) < 4.78 is 0. The highest BCUT2D eigenvalue weighted by atomic mass is 16.3. The van der Waals surface area contributed by atoms with Crippen LogP contribution in [-0.2, 0) is 9.59 Å². The molecular weight excluding hydrogens is 318 g/mol. The number of anilines is 1. The van der Waals surface area contributed by atoms with Gasteiger partial charge in [0.15, 0.2) is 0 Å². The molecule has 3 heterocycles. The van der Waals surface area contributed by atoms with Gasteiger partial charge in [-0.25, -0.2) is 0 Å². The normalized spacial score (nSPS) is 28.3. The fraction of sp³-hybridized carbons (Fsp3) is 0.632. The molecule has 2 amide bonds. The minimum absolute atomic E-state index is 0.00565. The molecule has 6 nitrogen and oxygen atoms in total. The molecule has 4 rings (SSSR count). The summed E-state index contributed by atoms with van der Waals surface area (Å²) in [5.74, 6) is 0.106. The summed E-state index contributed by atoms with van der Waals surface area (Å²) in [6.45, 7) is 1.85. The van der Waals surface area contributed by atoms with Crippen molar-refractivity contribution < 1.29 is 14.7 Å². The molecule has 6 heteroatoms. The van der Waals surface area contributed by atoms with Gasteiger partial charge in [-0.3, -0.25) is 14.6 Å². The zero-order chi connectivity index (χ0) is 17.5. The van der Waals surface area contributed by atoms with Crippen molar-refractivity contribution in [1.82, 2.24) is 9.88 Å². The maximum Gasteiger partial charge on any atom is 0.235 e. The van der Waals surface area contributed by atoms with Crippen molar-refractivity contribution in [2.24, 2.45) is 5.41 Å². The van der Waals surface area contributed by atoms with E-state index in [9.17, 15) is 14.7 Å². The Balaban J connectivity index is 1.47. The van der Waals surface area contributed by atoms with Gasteiger partial charge in [-0.15, -0.1) is 0 Å². The number of aromatic nitrogens is 1. The predicted molar refractivity (Wildman–Crippen MR) is 92.9 cm³/mol. The minimum atomic E-state index is -0.802. The van der Waals surface area contributed by atoms with Crippen molar-refractivity contribution in [3.63, 3.8) is 0 Å². The molecule has 1 aromatic rings. The van der Waals surface area contributed by atoms with Gasteiger partial charge in [0.2, 0.25) is 11.8 Å². The Morgan fingerprint density at radius 1 is 1.20 bits per heavy atom. The van der Waals surface area contributed by atoms with Crippen LogP contribution >= 0.6 is 0 Å². The number of piperidine rings is 1. The summed E-state index contributed by atoms with van der Waals surface area (Å²) in [6.07, 6.45) is 8.48. The van der Waals surface area contributed by atoms with E-state index in [0.717, 1.165) is 31.4 Å². The molecule has 0 radical (unpaired) electrons. The molecule has 25 heavy (non-hydrogen) atoms. The minimum Gasteiger partial charge on any atom is -0.389 e. The second-order valence-corrected chi connectivity index (χ2v) is 7.87. The maximum absolute atomic E-state index is 13.1. The van der Waals surface area contributed by atoms with Crippen LogP contribution in [0, 0.1) is 5.41 Å². The van der Waals surface area contributed by atoms with Crippen LogP contribution in [0.4, 0.5) is 5.69 Å². The van der Waals surface area contributed by atoms with E-state index in [4.69, 9.17) is 0 Å². The molecule has 3 fully saturated rings. The number of aliphatic hydroxyl groups is 1. The summed E-state index contributed by atoms with van der Waals surface area (Å²) in [4.78, 5) is 33.5. The van der Waals surface area contributed by atoms with Gasteiger partial charge < -0.3 is 14.9 Å². The van der Waals surface area contributed by atoms with Gasteiger partial charge in [0.1, 0.15) is 0 Å². The fourth-order valence-corrected chi connectivity index (χ4v) is 4.46. The second kappa shape index (κ2) is 6.09. The van der Waals surface area contributed by atoms with Gasteiger partial charge in [0.05, 0.1) is 29.3 Å². The van der Waals surface area contributed by atoms with Gasteiger partial charge in [-0.05, 0) is 50.7 Å². The van der Waals surface area contributed by atoms with Gasteiger partial charge in [-0.1, -0.05) is 0 Å². The quantitative estimate of drug-likeness (QED) is 0.907. The van der Waals surface area contributed by atoms with Gasteiger partial charge in [0, 0.05) is 25.8 Å². The van der Waals surface area contributed by atoms with Crippen LogP contribution in [0.15, 0.2) is 24.5 Å². The molecule has 2 aliphatic heterocycles. The topological polar surface area (TPSA) is 73.7 Å². The third-order valence-corrected chi connectivity index (χ3v) is 6.16. The number of carbonyl (C=O) groups is 2. The fourth-order valence-electron chi connectivity index (χ4n) is 4.46. The van der Waals surface area contributed by atoms with E-state index < -0.39 is 11.0 Å². The number of rotatable bonds is 3. The molecule has 1 spiro atoms. The van der Waals surface area contributed by atoms with Crippen molar-refractivity contribution >= 4 is 17.5 Å². The van der Waals surface area contributed by atoms with E-state index in [2.05, 4.69) is 4.98 Å². The summed E-state index contributed by atoms with van der Waals surface area (Å²) >= 11 is 0. The van der Waals surface area contributed by atoms with E-state index in [-0.39, 0.29) is 18.2 Å². The number of nitrogens with zero attached hydrogens (tertiary/aromatic N) is 3. The second-order valence-electron chi connectivity index (χ2n) is 7.87. The van der Waals surface area contributed by atoms with Crippen LogP contribution in [0.5, 0.6) is 0 Å². The van der Waals surface area contributed by atoms with E-state index in [0.29, 0.717) is 32.5 Å². The average molecular weight is 343 g/mol. The van der Waals surface area contributed by atoms with Gasteiger partial charge in [-0.2, -0.15) is 0 Å². The Morgan fingerprint density at radius 2 is 2.04 bits per heavy atom. The lowest BCUT2D eigenvalue weighted by molar-refractivity contribution is -0.145. The standard InChI is InChI=1S/C19H25N3O3/c23-16(12-19(25)6-2-7-19)21-10-3-5-18(14-21)8-11-22(17(18)24)15-4-1-9-20-13-15/h1,4,9,13,25H,2-3,5-8,10-12,14H2. The van der Waals surface area contributed by atoms with Crippen molar-refractivity contribution in [3.05, 3.63) is 24.5 Å². The number of hydrogen-bond donors (Lipinski definition) is 1. The first-order valence-corrected chi connectivity index (χ1v) is 9.24. The first kappa shape index (κ1) is 16.5. The molecule has 1 saturated carbocycles. The Morgan fingerprint density at radius 3 is 2.72 bits per heavy atom. The molecule has 1 atom stereocenters. The maximum atomic E-state index is 13.1. The molecule has 0 bridgehead atoms. The molecular formula is C19H25N3O3. The number of amides is 2. The number of hydrogen-bond acceptors (Lipinski definition) is 4. The third kappa shape index (κ3) is 2.92. The van der Waals surface area contributed by atoms with E-state index in [1.54, 1.807) is 17.3 Å². The first-order valence-electron chi connectivity index (χ1n) is 9.24. The third-order valence-electron chi connectivity index (χ3n) is 6.16. The highest BCUT2D eigenvalue weighted by Crippen LogP contribution is 2.42. The van der Waals surface area contributed by atoms with Crippen LogP contribution < -0.4 is 4.90 Å². The molecule has 1 aliphatic carbocycles. The smallest absolute Gasteiger partial charge is 0.235 e. The molecule has 134 valence electrons. The molecule has 1 N–H and O–H groups in total. The molecule has 1 aromatic heterocycles. The predicted octanol–water partition coefficient (Wildman–Crippen LogP) is 1.73. The SMILES string of the molecule is O=C(CC1(O)CCC1)N1CCCC2(CCN(c3cccnc3)C2=O)C1. The lowest BCUT2D eigenvalue weighted by Gasteiger charge is -2.42.